The lowest BCUT2D eigenvalue weighted by Gasteiger charge is -1.99. The molecule has 0 radical (unpaired) electrons. The standard InChI is InChI=1S/C11H11NO2.ClH/c1-9-7-10(12-14-9)8-13-11-5-3-2-4-6-11;/h2-7H,8H2,1H3;1H. The quantitative estimate of drug-likeness (QED) is 0.671. The Bertz CT molecular complexity index is 400. The average molecular weight is 226 g/mol. The van der Waals surface area contributed by atoms with Gasteiger partial charge in [0.2, 0.25) is 0 Å². The van der Waals surface area contributed by atoms with Crippen LogP contribution in [0.1, 0.15) is 11.5 Å². The van der Waals surface area contributed by atoms with E-state index in [9.17, 15) is 0 Å². The number of hydrogen-bond acceptors (Lipinski definition) is 2. The number of ether oxygens (including phenoxy) is 1. The molecule has 0 atom stereocenters. The van der Waals surface area contributed by atoms with Gasteiger partial charge in [-0.25, -0.2) is 4.52 Å². The Morgan fingerprint density at radius 2 is 2.00 bits per heavy atom. The van der Waals surface area contributed by atoms with Gasteiger partial charge in [-0.05, 0) is 17.3 Å². The highest BCUT2D eigenvalue weighted by Crippen LogP contribution is 2.10. The fraction of sp³-hybridized carbons (Fsp3) is 0.182. The fourth-order valence-electron chi connectivity index (χ4n) is 1.20. The molecule has 0 saturated carbocycles. The van der Waals surface area contributed by atoms with Crippen molar-refractivity contribution in [2.45, 2.75) is 13.5 Å². The van der Waals surface area contributed by atoms with Gasteiger partial charge in [0.05, 0.1) is 6.07 Å². The van der Waals surface area contributed by atoms with Gasteiger partial charge in [-0.15, -0.1) is 0 Å². The SMILES string of the molecule is Cc1cc(COc2ccccc2)[nH+]o1.[Cl-]. The Balaban J connectivity index is 0.00000112. The van der Waals surface area contributed by atoms with Crippen LogP contribution in [0, 0.1) is 6.92 Å². The van der Waals surface area contributed by atoms with Crippen molar-refractivity contribution in [2.75, 3.05) is 0 Å². The normalized spacial score (nSPS) is 9.40. The summed E-state index contributed by atoms with van der Waals surface area (Å²) in [5, 5.41) is 2.78. The van der Waals surface area contributed by atoms with Crippen molar-refractivity contribution in [3.63, 3.8) is 0 Å². The van der Waals surface area contributed by atoms with Crippen LogP contribution in [-0.2, 0) is 6.61 Å². The molecule has 0 aliphatic rings. The van der Waals surface area contributed by atoms with Crippen LogP contribution < -0.4 is 22.3 Å². The van der Waals surface area contributed by atoms with Crippen molar-refractivity contribution < 1.29 is 26.8 Å². The number of aryl methyl sites for hydroxylation is 1. The predicted octanol–water partition coefficient (Wildman–Crippen LogP) is -1.01. The molecule has 0 saturated heterocycles. The van der Waals surface area contributed by atoms with Gasteiger partial charge in [-0.3, -0.25) is 0 Å². The first-order valence-electron chi connectivity index (χ1n) is 4.49. The monoisotopic (exact) mass is 225 g/mol. The first-order chi connectivity index (χ1) is 6.84. The third kappa shape index (κ3) is 3.29. The summed E-state index contributed by atoms with van der Waals surface area (Å²) in [6, 6.07) is 11.6. The van der Waals surface area contributed by atoms with E-state index >= 15 is 0 Å². The number of aromatic nitrogens is 1. The van der Waals surface area contributed by atoms with Crippen molar-refractivity contribution >= 4 is 0 Å². The van der Waals surface area contributed by atoms with Crippen LogP contribution in [0.4, 0.5) is 0 Å². The molecule has 3 nitrogen and oxygen atoms in total. The molecular weight excluding hydrogens is 214 g/mol. The summed E-state index contributed by atoms with van der Waals surface area (Å²) in [7, 11) is 0. The number of hydrogen-bond donors (Lipinski definition) is 0. The highest BCUT2D eigenvalue weighted by molar-refractivity contribution is 5.21. The topological polar surface area (TPSA) is 36.5 Å². The van der Waals surface area contributed by atoms with E-state index in [0.29, 0.717) is 6.61 Å². The van der Waals surface area contributed by atoms with E-state index in [1.807, 2.05) is 43.3 Å². The molecule has 2 rings (SSSR count). The van der Waals surface area contributed by atoms with Gasteiger partial charge in [-0.2, -0.15) is 0 Å². The zero-order chi connectivity index (χ0) is 9.80. The third-order valence-corrected chi connectivity index (χ3v) is 1.86. The Kier molecular flexibility index (Phi) is 4.18. The van der Waals surface area contributed by atoms with Gasteiger partial charge in [0.25, 0.3) is 5.69 Å². The summed E-state index contributed by atoms with van der Waals surface area (Å²) >= 11 is 0. The summed E-state index contributed by atoms with van der Waals surface area (Å²) in [6.45, 7) is 2.39. The minimum absolute atomic E-state index is 0. The van der Waals surface area contributed by atoms with Crippen molar-refractivity contribution in [3.05, 3.63) is 47.9 Å². The van der Waals surface area contributed by atoms with Crippen molar-refractivity contribution in [1.29, 1.82) is 0 Å². The predicted molar refractivity (Wildman–Crippen MR) is 50.8 cm³/mol. The van der Waals surface area contributed by atoms with Crippen LogP contribution in [-0.4, -0.2) is 0 Å². The minimum atomic E-state index is 0. The zero-order valence-electron chi connectivity index (χ0n) is 8.37. The Morgan fingerprint density at radius 3 is 2.60 bits per heavy atom. The molecular formula is C11H12ClNO2. The number of halogens is 1. The molecule has 0 unspecified atom stereocenters. The number of nitrogens with one attached hydrogen (secondary N) is 1. The largest absolute Gasteiger partial charge is 1.00 e. The third-order valence-electron chi connectivity index (χ3n) is 1.86. The summed E-state index contributed by atoms with van der Waals surface area (Å²) in [5.74, 6) is 1.72. The lowest BCUT2D eigenvalue weighted by atomic mass is 10.3. The molecule has 1 heterocycles. The molecule has 80 valence electrons. The summed E-state index contributed by atoms with van der Waals surface area (Å²) in [4.78, 5) is 0. The number of benzene rings is 1. The Hall–Kier alpha value is -1.48. The Labute approximate surface area is 94.5 Å². The van der Waals surface area contributed by atoms with Crippen molar-refractivity contribution in [2.24, 2.45) is 0 Å². The molecule has 1 N–H and O–H groups in total. The maximum absolute atomic E-state index is 5.51. The van der Waals surface area contributed by atoms with Gasteiger partial charge < -0.3 is 17.1 Å². The molecule has 1 aromatic heterocycles. The highest BCUT2D eigenvalue weighted by Gasteiger charge is 2.06. The van der Waals surface area contributed by atoms with Crippen LogP contribution in [0.3, 0.4) is 0 Å². The van der Waals surface area contributed by atoms with Gasteiger partial charge in [0.1, 0.15) is 5.75 Å². The minimum Gasteiger partial charge on any atom is -1.00 e. The van der Waals surface area contributed by atoms with Crippen molar-refractivity contribution in [1.82, 2.24) is 0 Å². The summed E-state index contributed by atoms with van der Waals surface area (Å²) in [5.41, 5.74) is 0.936. The van der Waals surface area contributed by atoms with E-state index in [-0.39, 0.29) is 12.4 Å². The fourth-order valence-corrected chi connectivity index (χ4v) is 1.20. The second kappa shape index (κ2) is 5.41. The second-order valence-corrected chi connectivity index (χ2v) is 3.09. The molecule has 4 heteroatoms. The maximum atomic E-state index is 5.51. The van der Waals surface area contributed by atoms with Gasteiger partial charge in [0.15, 0.2) is 12.4 Å². The van der Waals surface area contributed by atoms with Crippen LogP contribution in [0.25, 0.3) is 0 Å². The van der Waals surface area contributed by atoms with Gasteiger partial charge >= 0.3 is 0 Å². The van der Waals surface area contributed by atoms with Crippen LogP contribution in [0.15, 0.2) is 40.9 Å². The zero-order valence-corrected chi connectivity index (χ0v) is 9.12. The number of para-hydroxylation sites is 1. The lowest BCUT2D eigenvalue weighted by molar-refractivity contribution is -0.618. The average Bonchev–Trinajstić information content (AvgIpc) is 2.63. The first-order valence-corrected chi connectivity index (χ1v) is 4.49. The van der Waals surface area contributed by atoms with E-state index in [4.69, 9.17) is 9.26 Å². The van der Waals surface area contributed by atoms with Crippen molar-refractivity contribution in [3.8, 4) is 5.75 Å². The van der Waals surface area contributed by atoms with Gasteiger partial charge in [-0.1, -0.05) is 18.2 Å². The number of H-pyrrole nitrogens is 1. The van der Waals surface area contributed by atoms with Crippen LogP contribution in [0.5, 0.6) is 5.75 Å². The smallest absolute Gasteiger partial charge is 0.266 e. The molecule has 0 spiro atoms. The molecule has 2 aromatic rings. The maximum Gasteiger partial charge on any atom is 0.266 e. The first kappa shape index (κ1) is 11.6. The van der Waals surface area contributed by atoms with Crippen LogP contribution >= 0.6 is 0 Å². The lowest BCUT2D eigenvalue weighted by Crippen LogP contribution is -3.00. The molecule has 15 heavy (non-hydrogen) atoms. The highest BCUT2D eigenvalue weighted by atomic mass is 35.5. The van der Waals surface area contributed by atoms with Gasteiger partial charge in [0, 0.05) is 6.92 Å². The molecule has 1 aromatic carbocycles. The number of aromatic amines is 1. The van der Waals surface area contributed by atoms with E-state index in [0.717, 1.165) is 17.2 Å². The molecule has 0 fully saturated rings. The molecule has 0 amide bonds. The number of rotatable bonds is 3. The van der Waals surface area contributed by atoms with E-state index in [1.54, 1.807) is 0 Å². The summed E-state index contributed by atoms with van der Waals surface area (Å²) in [6.07, 6.45) is 0. The molecule has 0 bridgehead atoms. The van der Waals surface area contributed by atoms with E-state index in [1.165, 1.54) is 0 Å². The van der Waals surface area contributed by atoms with E-state index in [2.05, 4.69) is 5.16 Å². The summed E-state index contributed by atoms with van der Waals surface area (Å²) < 4.78 is 10.6. The molecule has 0 aliphatic carbocycles. The second-order valence-electron chi connectivity index (χ2n) is 3.09. The molecule has 0 aliphatic heterocycles. The Morgan fingerprint density at radius 1 is 1.27 bits per heavy atom. The van der Waals surface area contributed by atoms with E-state index < -0.39 is 0 Å². The van der Waals surface area contributed by atoms with Crippen LogP contribution in [0.2, 0.25) is 0 Å².